The fourth-order valence-corrected chi connectivity index (χ4v) is 7.57. The van der Waals surface area contributed by atoms with Crippen LogP contribution in [0.4, 0.5) is 0 Å². The third-order valence-electron chi connectivity index (χ3n) is 1.59. The molecule has 0 aliphatic heterocycles. The summed E-state index contributed by atoms with van der Waals surface area (Å²) in [5.41, 5.74) is 11.1. The molecule has 0 aromatic carbocycles. The van der Waals surface area contributed by atoms with Crippen LogP contribution >= 0.6 is 0 Å². The van der Waals surface area contributed by atoms with Gasteiger partial charge in [-0.15, -0.1) is 0 Å². The summed E-state index contributed by atoms with van der Waals surface area (Å²) in [5.74, 6) is -0.787. The molecule has 0 saturated carbocycles. The second-order valence-electron chi connectivity index (χ2n) is 2.83. The van der Waals surface area contributed by atoms with E-state index < -0.39 is 24.0 Å². The third-order valence-corrected chi connectivity index (χ3v) is 8.80. The van der Waals surface area contributed by atoms with E-state index in [2.05, 4.69) is 9.47 Å². The van der Waals surface area contributed by atoms with Gasteiger partial charge < -0.3 is 0 Å². The van der Waals surface area contributed by atoms with Crippen molar-refractivity contribution in [1.29, 1.82) is 0 Å². The Kier molecular flexibility index (Phi) is 8.93. The first-order chi connectivity index (χ1) is 7.52. The summed E-state index contributed by atoms with van der Waals surface area (Å²) in [6, 6.07) is -1.11. The fraction of sp³-hybridized carbons (Fsp3) is 0.750. The summed E-state index contributed by atoms with van der Waals surface area (Å²) < 4.78 is 9.00. The van der Waals surface area contributed by atoms with Crippen molar-refractivity contribution in [3.05, 3.63) is 0 Å². The van der Waals surface area contributed by atoms with E-state index in [1.807, 2.05) is 0 Å². The Bertz CT molecular complexity index is 216. The molecule has 0 rings (SSSR count). The molecule has 2 atom stereocenters. The zero-order chi connectivity index (χ0) is 12.6. The van der Waals surface area contributed by atoms with Crippen LogP contribution in [0.2, 0.25) is 10.6 Å². The van der Waals surface area contributed by atoms with Crippen molar-refractivity contribution in [1.82, 2.24) is 0 Å². The van der Waals surface area contributed by atoms with E-state index in [1.165, 1.54) is 14.2 Å². The Balaban J connectivity index is 3.60. The Morgan fingerprint density at radius 2 is 1.31 bits per heavy atom. The van der Waals surface area contributed by atoms with Crippen LogP contribution in [0, 0.1) is 0 Å². The predicted molar refractivity (Wildman–Crippen MR) is 61.1 cm³/mol. The van der Waals surface area contributed by atoms with E-state index in [9.17, 15) is 9.59 Å². The van der Waals surface area contributed by atoms with E-state index in [-0.39, 0.29) is 26.3 Å². The number of rotatable bonds is 7. The predicted octanol–water partition coefficient (Wildman–Crippen LogP) is -1.85. The molecule has 0 spiro atoms. The number of esters is 2. The molecule has 2 unspecified atom stereocenters. The van der Waals surface area contributed by atoms with Crippen LogP contribution in [0.1, 0.15) is 0 Å². The first-order valence-electron chi connectivity index (χ1n) is 4.44. The molecule has 0 fully saturated rings. The monoisotopic (exact) mass is 364 g/mol. The van der Waals surface area contributed by atoms with Gasteiger partial charge in [0.05, 0.1) is 0 Å². The average molecular weight is 362 g/mol. The summed E-state index contributed by atoms with van der Waals surface area (Å²) >= 11 is 0.485. The molecule has 94 valence electrons. The Morgan fingerprint density at radius 3 is 1.56 bits per heavy atom. The van der Waals surface area contributed by atoms with Crippen molar-refractivity contribution in [3.63, 3.8) is 0 Å². The number of ether oxygens (including phenoxy) is 2. The van der Waals surface area contributed by atoms with Crippen molar-refractivity contribution < 1.29 is 19.1 Å². The van der Waals surface area contributed by atoms with Gasteiger partial charge >= 0.3 is 106 Å². The molecule has 0 bridgehead atoms. The molecular formula is C8H16N2O4Se2. The second-order valence-corrected chi connectivity index (χ2v) is 10.4. The molecule has 8 heteroatoms. The quantitative estimate of drug-likeness (QED) is 0.313. The number of carbonyl (C=O) groups excluding carboxylic acids is 2. The van der Waals surface area contributed by atoms with Gasteiger partial charge in [0.15, 0.2) is 0 Å². The standard InChI is InChI=1S/C8H16N2O4Se2/c1-13-7(11)5(9)3-15-16-4-6(10)8(12)14-2/h5-6H,3-4,9-10H2,1-2H3. The van der Waals surface area contributed by atoms with Crippen molar-refractivity contribution in [3.8, 4) is 0 Å². The van der Waals surface area contributed by atoms with Gasteiger partial charge in [-0.25, -0.2) is 0 Å². The van der Waals surface area contributed by atoms with Gasteiger partial charge in [0.1, 0.15) is 0 Å². The van der Waals surface area contributed by atoms with Crippen LogP contribution in [-0.4, -0.2) is 64.5 Å². The van der Waals surface area contributed by atoms with Gasteiger partial charge in [0.2, 0.25) is 0 Å². The number of nitrogens with two attached hydrogens (primary N) is 2. The van der Waals surface area contributed by atoms with Gasteiger partial charge in [-0.1, -0.05) is 0 Å². The molecule has 6 nitrogen and oxygen atoms in total. The summed E-state index contributed by atoms with van der Waals surface area (Å²) in [4.78, 5) is 21.9. The second kappa shape index (κ2) is 8.98. The molecule has 16 heavy (non-hydrogen) atoms. The van der Waals surface area contributed by atoms with Gasteiger partial charge in [-0.05, 0) is 0 Å². The van der Waals surface area contributed by atoms with Gasteiger partial charge in [-0.2, -0.15) is 0 Å². The summed E-state index contributed by atoms with van der Waals surface area (Å²) in [5, 5.41) is 1.24. The van der Waals surface area contributed by atoms with Crippen LogP contribution < -0.4 is 11.5 Å². The van der Waals surface area contributed by atoms with Crippen LogP contribution in [0.5, 0.6) is 0 Å². The van der Waals surface area contributed by atoms with E-state index >= 15 is 0 Å². The van der Waals surface area contributed by atoms with Crippen LogP contribution in [0.3, 0.4) is 0 Å². The maximum absolute atomic E-state index is 11.0. The van der Waals surface area contributed by atoms with Gasteiger partial charge in [0.25, 0.3) is 0 Å². The molecular weight excluding hydrogens is 346 g/mol. The minimum absolute atomic E-state index is 0.242. The van der Waals surface area contributed by atoms with Gasteiger partial charge in [0, 0.05) is 0 Å². The molecule has 0 amide bonds. The first kappa shape index (κ1) is 15.9. The normalized spacial score (nSPS) is 14.0. The Hall–Kier alpha value is -0.101. The topological polar surface area (TPSA) is 105 Å². The molecule has 4 N–H and O–H groups in total. The van der Waals surface area contributed by atoms with Crippen LogP contribution in [0.15, 0.2) is 0 Å². The average Bonchev–Trinajstić information content (AvgIpc) is 2.31. The SMILES string of the molecule is COC(=O)C(N)C[Se][Se]CC(N)C(=O)OC. The van der Waals surface area contributed by atoms with Crippen LogP contribution in [-0.2, 0) is 19.1 Å². The molecule has 0 aromatic rings. The Labute approximate surface area is 106 Å². The van der Waals surface area contributed by atoms with Crippen molar-refractivity contribution in [2.24, 2.45) is 11.5 Å². The van der Waals surface area contributed by atoms with E-state index in [0.29, 0.717) is 10.6 Å². The van der Waals surface area contributed by atoms with E-state index in [0.717, 1.165) is 0 Å². The summed E-state index contributed by atoms with van der Waals surface area (Å²) in [7, 11) is 2.63. The molecule has 0 aliphatic carbocycles. The fourth-order valence-electron chi connectivity index (χ4n) is 0.682. The summed E-state index contributed by atoms with van der Waals surface area (Å²) in [6.45, 7) is 0. The van der Waals surface area contributed by atoms with Crippen LogP contribution in [0.25, 0.3) is 0 Å². The minimum atomic E-state index is -0.554. The van der Waals surface area contributed by atoms with E-state index in [4.69, 9.17) is 11.5 Å². The van der Waals surface area contributed by atoms with Crippen molar-refractivity contribution in [2.75, 3.05) is 14.2 Å². The molecule has 0 saturated heterocycles. The van der Waals surface area contributed by atoms with E-state index in [1.54, 1.807) is 0 Å². The molecule has 0 aromatic heterocycles. The molecule has 0 radical (unpaired) electrons. The molecule has 0 heterocycles. The number of hydrogen-bond donors (Lipinski definition) is 2. The zero-order valence-corrected chi connectivity index (χ0v) is 12.6. The van der Waals surface area contributed by atoms with Gasteiger partial charge in [-0.3, -0.25) is 0 Å². The maximum atomic E-state index is 11.0. The Morgan fingerprint density at radius 1 is 1.00 bits per heavy atom. The first-order valence-corrected chi connectivity index (χ1v) is 11.2. The third kappa shape index (κ3) is 6.47. The zero-order valence-electron chi connectivity index (χ0n) is 9.17. The number of hydrogen-bond acceptors (Lipinski definition) is 6. The van der Waals surface area contributed by atoms with Crippen molar-refractivity contribution in [2.45, 2.75) is 22.7 Å². The molecule has 0 aliphatic rings. The number of carbonyl (C=O) groups is 2. The van der Waals surface area contributed by atoms with Crippen molar-refractivity contribution >= 4 is 38.2 Å². The summed E-state index contributed by atoms with van der Waals surface area (Å²) in [6.07, 6.45) is 0. The number of methoxy groups -OCH3 is 2.